The molecular formula is C22H29N3O3. The lowest BCUT2D eigenvalue weighted by molar-refractivity contribution is -0.142. The highest BCUT2D eigenvalue weighted by molar-refractivity contribution is 5.81. The first kappa shape index (κ1) is 20.1. The van der Waals surface area contributed by atoms with Gasteiger partial charge in [-0.1, -0.05) is 43.2 Å². The molecule has 1 fully saturated rings. The van der Waals surface area contributed by atoms with E-state index in [4.69, 9.17) is 9.72 Å². The minimum absolute atomic E-state index is 0.255. The number of esters is 1. The Labute approximate surface area is 165 Å². The van der Waals surface area contributed by atoms with E-state index < -0.39 is 11.9 Å². The number of hydrogen-bond donors (Lipinski definition) is 1. The van der Waals surface area contributed by atoms with Crippen LogP contribution in [0.1, 0.15) is 56.1 Å². The zero-order valence-electron chi connectivity index (χ0n) is 17.0. The molecule has 1 saturated heterocycles. The molecule has 2 heterocycles. The van der Waals surface area contributed by atoms with Crippen LogP contribution in [-0.2, 0) is 9.53 Å². The van der Waals surface area contributed by atoms with Crippen molar-refractivity contribution in [3.8, 4) is 11.3 Å². The SMILES string of the molecule is CCCC(C(=O)OC)c1c(-c2ccc(C)cc2)nc(N2CCCCC2)[nH]c1=O. The van der Waals surface area contributed by atoms with Crippen LogP contribution in [-0.4, -0.2) is 36.1 Å². The van der Waals surface area contributed by atoms with Crippen LogP contribution in [0.5, 0.6) is 0 Å². The number of aromatic amines is 1. The summed E-state index contributed by atoms with van der Waals surface area (Å²) < 4.78 is 5.00. The van der Waals surface area contributed by atoms with Crippen molar-refractivity contribution in [1.29, 1.82) is 0 Å². The van der Waals surface area contributed by atoms with Crippen molar-refractivity contribution in [2.45, 2.75) is 51.9 Å². The maximum absolute atomic E-state index is 13.2. The van der Waals surface area contributed by atoms with Gasteiger partial charge in [0.05, 0.1) is 24.3 Å². The molecule has 1 aromatic heterocycles. The molecule has 0 amide bonds. The molecule has 0 aliphatic carbocycles. The van der Waals surface area contributed by atoms with Crippen LogP contribution < -0.4 is 10.5 Å². The van der Waals surface area contributed by atoms with Crippen molar-refractivity contribution in [2.75, 3.05) is 25.1 Å². The fraction of sp³-hybridized carbons (Fsp3) is 0.500. The quantitative estimate of drug-likeness (QED) is 0.768. The zero-order valence-corrected chi connectivity index (χ0v) is 17.0. The number of nitrogens with zero attached hydrogens (tertiary/aromatic N) is 2. The summed E-state index contributed by atoms with van der Waals surface area (Å²) in [4.78, 5) is 35.5. The van der Waals surface area contributed by atoms with Gasteiger partial charge in [0.15, 0.2) is 0 Å². The monoisotopic (exact) mass is 383 g/mol. The van der Waals surface area contributed by atoms with Crippen LogP contribution in [0.15, 0.2) is 29.1 Å². The van der Waals surface area contributed by atoms with E-state index in [-0.39, 0.29) is 5.56 Å². The first-order chi connectivity index (χ1) is 13.5. The van der Waals surface area contributed by atoms with Crippen LogP contribution in [0.2, 0.25) is 0 Å². The summed E-state index contributed by atoms with van der Waals surface area (Å²) in [5.74, 6) is -0.435. The number of aryl methyl sites for hydroxylation is 1. The minimum atomic E-state index is -0.627. The highest BCUT2D eigenvalue weighted by atomic mass is 16.5. The van der Waals surface area contributed by atoms with Crippen molar-refractivity contribution in [1.82, 2.24) is 9.97 Å². The number of carbonyl (C=O) groups excluding carboxylic acids is 1. The summed E-state index contributed by atoms with van der Waals surface area (Å²) in [6.07, 6.45) is 4.68. The molecule has 2 aromatic rings. The van der Waals surface area contributed by atoms with Crippen LogP contribution in [0, 0.1) is 6.92 Å². The van der Waals surface area contributed by atoms with Gasteiger partial charge in [0.1, 0.15) is 0 Å². The van der Waals surface area contributed by atoms with Crippen LogP contribution in [0.4, 0.5) is 5.95 Å². The molecule has 0 spiro atoms. The molecule has 0 bridgehead atoms. The Balaban J connectivity index is 2.17. The molecule has 1 unspecified atom stereocenters. The Bertz CT molecular complexity index is 868. The second-order valence-electron chi connectivity index (χ2n) is 7.43. The molecule has 1 aliphatic heterocycles. The molecule has 0 saturated carbocycles. The Morgan fingerprint density at radius 2 is 1.89 bits per heavy atom. The zero-order chi connectivity index (χ0) is 20.1. The van der Waals surface area contributed by atoms with E-state index in [2.05, 4.69) is 9.88 Å². The molecule has 1 N–H and O–H groups in total. The van der Waals surface area contributed by atoms with Gasteiger partial charge in [0.25, 0.3) is 5.56 Å². The number of anilines is 1. The Hall–Kier alpha value is -2.63. The fourth-order valence-electron chi connectivity index (χ4n) is 3.79. The highest BCUT2D eigenvalue weighted by Crippen LogP contribution is 2.30. The van der Waals surface area contributed by atoms with Crippen LogP contribution >= 0.6 is 0 Å². The number of H-pyrrole nitrogens is 1. The van der Waals surface area contributed by atoms with E-state index in [9.17, 15) is 9.59 Å². The van der Waals surface area contributed by atoms with E-state index in [1.54, 1.807) is 0 Å². The number of hydrogen-bond acceptors (Lipinski definition) is 5. The van der Waals surface area contributed by atoms with Gasteiger partial charge < -0.3 is 9.64 Å². The van der Waals surface area contributed by atoms with E-state index >= 15 is 0 Å². The maximum atomic E-state index is 13.2. The van der Waals surface area contributed by atoms with Gasteiger partial charge >= 0.3 is 5.97 Å². The lowest BCUT2D eigenvalue weighted by atomic mass is 9.91. The summed E-state index contributed by atoms with van der Waals surface area (Å²) in [6, 6.07) is 7.91. The Morgan fingerprint density at radius 1 is 1.21 bits per heavy atom. The first-order valence-electron chi connectivity index (χ1n) is 10.1. The van der Waals surface area contributed by atoms with Gasteiger partial charge in [-0.25, -0.2) is 4.98 Å². The van der Waals surface area contributed by atoms with Crippen molar-refractivity contribution in [2.24, 2.45) is 0 Å². The molecule has 1 aliphatic rings. The van der Waals surface area contributed by atoms with Gasteiger partial charge in [0.2, 0.25) is 5.95 Å². The summed E-state index contributed by atoms with van der Waals surface area (Å²) >= 11 is 0. The lowest BCUT2D eigenvalue weighted by Crippen LogP contribution is -2.34. The van der Waals surface area contributed by atoms with E-state index in [1.807, 2.05) is 38.1 Å². The third-order valence-corrected chi connectivity index (χ3v) is 5.33. The summed E-state index contributed by atoms with van der Waals surface area (Å²) in [5, 5.41) is 0. The lowest BCUT2D eigenvalue weighted by Gasteiger charge is -2.28. The number of carbonyl (C=O) groups is 1. The molecule has 0 radical (unpaired) electrons. The predicted octanol–water partition coefficient (Wildman–Crippen LogP) is 3.79. The first-order valence-corrected chi connectivity index (χ1v) is 10.1. The van der Waals surface area contributed by atoms with Gasteiger partial charge in [-0.05, 0) is 32.6 Å². The van der Waals surface area contributed by atoms with Gasteiger partial charge in [-0.15, -0.1) is 0 Å². The van der Waals surface area contributed by atoms with Crippen molar-refractivity contribution in [3.05, 3.63) is 45.7 Å². The number of ether oxygens (including phenoxy) is 1. The van der Waals surface area contributed by atoms with E-state index in [1.165, 1.54) is 13.5 Å². The molecule has 3 rings (SSSR count). The van der Waals surface area contributed by atoms with Crippen LogP contribution in [0.25, 0.3) is 11.3 Å². The third kappa shape index (κ3) is 4.26. The average Bonchev–Trinajstić information content (AvgIpc) is 2.72. The molecule has 150 valence electrons. The largest absolute Gasteiger partial charge is 0.469 e. The molecular weight excluding hydrogens is 354 g/mol. The second-order valence-corrected chi connectivity index (χ2v) is 7.43. The standard InChI is InChI=1S/C22H29N3O3/c1-4-8-17(21(27)28-3)18-19(16-11-9-15(2)10-12-16)23-22(24-20(18)26)25-13-6-5-7-14-25/h9-12,17H,4-8,13-14H2,1-3H3,(H,23,24,26). The van der Waals surface area contributed by atoms with Crippen molar-refractivity contribution in [3.63, 3.8) is 0 Å². The third-order valence-electron chi connectivity index (χ3n) is 5.33. The van der Waals surface area contributed by atoms with Crippen LogP contribution in [0.3, 0.4) is 0 Å². The molecule has 1 aromatic carbocycles. The fourth-order valence-corrected chi connectivity index (χ4v) is 3.79. The number of piperidine rings is 1. The predicted molar refractivity (Wildman–Crippen MR) is 111 cm³/mol. The number of aromatic nitrogens is 2. The summed E-state index contributed by atoms with van der Waals surface area (Å²) in [6.45, 7) is 5.77. The Morgan fingerprint density at radius 3 is 2.50 bits per heavy atom. The van der Waals surface area contributed by atoms with Crippen molar-refractivity contribution >= 4 is 11.9 Å². The molecule has 6 nitrogen and oxygen atoms in total. The highest BCUT2D eigenvalue weighted by Gasteiger charge is 2.29. The van der Waals surface area contributed by atoms with Gasteiger partial charge in [-0.2, -0.15) is 0 Å². The average molecular weight is 383 g/mol. The molecule has 28 heavy (non-hydrogen) atoms. The maximum Gasteiger partial charge on any atom is 0.313 e. The smallest absolute Gasteiger partial charge is 0.313 e. The molecule has 6 heteroatoms. The number of nitrogens with one attached hydrogen (secondary N) is 1. The minimum Gasteiger partial charge on any atom is -0.469 e. The second kappa shape index (κ2) is 9.04. The number of benzene rings is 1. The van der Waals surface area contributed by atoms with Gasteiger partial charge in [0, 0.05) is 18.7 Å². The number of rotatable bonds is 6. The normalized spacial score (nSPS) is 15.3. The summed E-state index contributed by atoms with van der Waals surface area (Å²) in [5.41, 5.74) is 2.70. The van der Waals surface area contributed by atoms with E-state index in [0.717, 1.165) is 43.5 Å². The Kier molecular flexibility index (Phi) is 6.49. The van der Waals surface area contributed by atoms with Gasteiger partial charge in [-0.3, -0.25) is 14.6 Å². The van der Waals surface area contributed by atoms with E-state index in [0.29, 0.717) is 23.6 Å². The number of methoxy groups -OCH3 is 1. The summed E-state index contributed by atoms with van der Waals surface area (Å²) in [7, 11) is 1.36. The van der Waals surface area contributed by atoms with Crippen molar-refractivity contribution < 1.29 is 9.53 Å². The molecule has 1 atom stereocenters. The topological polar surface area (TPSA) is 75.3 Å².